The highest BCUT2D eigenvalue weighted by Gasteiger charge is 2.26. The summed E-state index contributed by atoms with van der Waals surface area (Å²) in [6, 6.07) is 16.3. The average Bonchev–Trinajstić information content (AvgIpc) is 2.73. The molecule has 0 bridgehead atoms. The van der Waals surface area contributed by atoms with Crippen molar-refractivity contribution >= 4 is 27.7 Å². The Bertz CT molecular complexity index is 896. The molecule has 1 aliphatic rings. The van der Waals surface area contributed by atoms with E-state index in [0.29, 0.717) is 43.5 Å². The molecule has 0 aromatic heterocycles. The Morgan fingerprint density at radius 3 is 2.34 bits per heavy atom. The summed E-state index contributed by atoms with van der Waals surface area (Å²) in [5.74, 6) is 0.648. The van der Waals surface area contributed by atoms with Gasteiger partial charge in [0.1, 0.15) is 18.5 Å². The van der Waals surface area contributed by atoms with Crippen LogP contribution in [0.25, 0.3) is 6.08 Å². The van der Waals surface area contributed by atoms with Crippen LogP contribution in [0.3, 0.4) is 0 Å². The number of ether oxygens (including phenoxy) is 1. The number of piperazine rings is 1. The van der Waals surface area contributed by atoms with Crippen LogP contribution in [0, 0.1) is 0 Å². The minimum atomic E-state index is -3.46. The number of aliphatic hydroxyl groups excluding tert-OH is 1. The smallest absolute Gasteiger partial charge is 0.236 e. The Labute approximate surface area is 177 Å². The summed E-state index contributed by atoms with van der Waals surface area (Å²) < 4.78 is 32.1. The largest absolute Gasteiger partial charge is 0.491 e. The van der Waals surface area contributed by atoms with Crippen molar-refractivity contribution in [1.82, 2.24) is 9.21 Å². The van der Waals surface area contributed by atoms with Crippen molar-refractivity contribution in [2.45, 2.75) is 6.10 Å². The highest BCUT2D eigenvalue weighted by Crippen LogP contribution is 2.16. The molecule has 0 amide bonds. The summed E-state index contributed by atoms with van der Waals surface area (Å²) in [6.45, 7) is 2.52. The second kappa shape index (κ2) is 10.2. The Morgan fingerprint density at radius 1 is 1.03 bits per heavy atom. The molecule has 1 heterocycles. The second-order valence-corrected chi connectivity index (χ2v) is 9.13. The highest BCUT2D eigenvalue weighted by molar-refractivity contribution is 7.92. The monoisotopic (exact) mass is 436 g/mol. The first-order valence-corrected chi connectivity index (χ1v) is 11.3. The molecular formula is C21H25ClN2O4S. The minimum Gasteiger partial charge on any atom is -0.491 e. The lowest BCUT2D eigenvalue weighted by Gasteiger charge is -2.34. The molecule has 0 spiro atoms. The summed E-state index contributed by atoms with van der Waals surface area (Å²) in [5.41, 5.74) is 0.846. The number of halogens is 1. The number of β-amino-alcohol motifs (C(OH)–C–C–N with tert-alkyl or cyclic N) is 1. The van der Waals surface area contributed by atoms with Gasteiger partial charge in [-0.1, -0.05) is 41.9 Å². The van der Waals surface area contributed by atoms with Crippen LogP contribution in [0.15, 0.2) is 60.0 Å². The number of rotatable bonds is 8. The maximum atomic E-state index is 12.5. The van der Waals surface area contributed by atoms with Crippen molar-refractivity contribution in [3.05, 3.63) is 70.6 Å². The van der Waals surface area contributed by atoms with Gasteiger partial charge in [0.05, 0.1) is 0 Å². The van der Waals surface area contributed by atoms with Crippen molar-refractivity contribution in [1.29, 1.82) is 0 Å². The maximum Gasteiger partial charge on any atom is 0.236 e. The molecular weight excluding hydrogens is 412 g/mol. The predicted molar refractivity (Wildman–Crippen MR) is 115 cm³/mol. The van der Waals surface area contributed by atoms with E-state index in [4.69, 9.17) is 16.3 Å². The van der Waals surface area contributed by atoms with Crippen LogP contribution in [0.1, 0.15) is 5.56 Å². The Kier molecular flexibility index (Phi) is 7.69. The standard InChI is InChI=1S/C21H25ClN2O4S/c22-19-6-8-21(9-7-19)28-17-20(25)16-23-11-13-24(14-12-23)29(26,27)15-10-18-4-2-1-3-5-18/h1-10,15,20,25H,11-14,16-17H2/b15-10+. The van der Waals surface area contributed by atoms with E-state index in [1.807, 2.05) is 35.2 Å². The fraction of sp³-hybridized carbons (Fsp3) is 0.333. The van der Waals surface area contributed by atoms with Crippen LogP contribution in [-0.2, 0) is 10.0 Å². The van der Waals surface area contributed by atoms with Gasteiger partial charge in [-0.15, -0.1) is 0 Å². The third-order valence-electron chi connectivity index (χ3n) is 4.65. The zero-order valence-corrected chi connectivity index (χ0v) is 17.6. The van der Waals surface area contributed by atoms with E-state index in [1.165, 1.54) is 9.71 Å². The van der Waals surface area contributed by atoms with Gasteiger partial charge in [0, 0.05) is 43.2 Å². The average molecular weight is 437 g/mol. The van der Waals surface area contributed by atoms with Crippen LogP contribution in [-0.4, -0.2) is 68.2 Å². The summed E-state index contributed by atoms with van der Waals surface area (Å²) in [6.07, 6.45) is 0.950. The molecule has 2 aromatic rings. The van der Waals surface area contributed by atoms with Gasteiger partial charge < -0.3 is 9.84 Å². The van der Waals surface area contributed by atoms with Gasteiger partial charge >= 0.3 is 0 Å². The number of aliphatic hydroxyl groups is 1. The Balaban J connectivity index is 1.43. The van der Waals surface area contributed by atoms with Crippen LogP contribution in [0.2, 0.25) is 5.02 Å². The lowest BCUT2D eigenvalue weighted by molar-refractivity contribution is 0.0570. The van der Waals surface area contributed by atoms with Gasteiger partial charge in [0.25, 0.3) is 0 Å². The molecule has 1 saturated heterocycles. The maximum absolute atomic E-state index is 12.5. The van der Waals surface area contributed by atoms with E-state index in [9.17, 15) is 13.5 Å². The van der Waals surface area contributed by atoms with Crippen LogP contribution in [0.4, 0.5) is 0 Å². The van der Waals surface area contributed by atoms with Gasteiger partial charge in [-0.05, 0) is 35.9 Å². The lowest BCUT2D eigenvalue weighted by Crippen LogP contribution is -2.50. The van der Waals surface area contributed by atoms with E-state index in [-0.39, 0.29) is 6.61 Å². The first-order valence-electron chi connectivity index (χ1n) is 9.44. The quantitative estimate of drug-likeness (QED) is 0.689. The topological polar surface area (TPSA) is 70.1 Å². The summed E-state index contributed by atoms with van der Waals surface area (Å²) in [4.78, 5) is 2.04. The summed E-state index contributed by atoms with van der Waals surface area (Å²) in [5, 5.41) is 12.1. The molecule has 1 N–H and O–H groups in total. The molecule has 6 nitrogen and oxygen atoms in total. The number of nitrogens with zero attached hydrogens (tertiary/aromatic N) is 2. The SMILES string of the molecule is O=S(=O)(/C=C/c1ccccc1)N1CCN(CC(O)COc2ccc(Cl)cc2)CC1. The molecule has 8 heteroatoms. The third kappa shape index (κ3) is 6.83. The van der Waals surface area contributed by atoms with Gasteiger partial charge in [0.2, 0.25) is 10.0 Å². The molecule has 3 rings (SSSR count). The molecule has 1 unspecified atom stereocenters. The van der Waals surface area contributed by atoms with E-state index >= 15 is 0 Å². The van der Waals surface area contributed by atoms with Crippen LogP contribution >= 0.6 is 11.6 Å². The molecule has 0 saturated carbocycles. The molecule has 29 heavy (non-hydrogen) atoms. The summed E-state index contributed by atoms with van der Waals surface area (Å²) >= 11 is 5.84. The Hall–Kier alpha value is -1.90. The first-order chi connectivity index (χ1) is 13.9. The molecule has 0 aliphatic carbocycles. The molecule has 1 atom stereocenters. The summed E-state index contributed by atoms with van der Waals surface area (Å²) in [7, 11) is -3.46. The number of benzene rings is 2. The van der Waals surface area contributed by atoms with Crippen molar-refractivity contribution in [3.63, 3.8) is 0 Å². The molecule has 1 aliphatic heterocycles. The van der Waals surface area contributed by atoms with E-state index in [0.717, 1.165) is 5.56 Å². The Morgan fingerprint density at radius 2 is 1.69 bits per heavy atom. The minimum absolute atomic E-state index is 0.167. The van der Waals surface area contributed by atoms with Gasteiger partial charge in [0.15, 0.2) is 0 Å². The molecule has 0 radical (unpaired) electrons. The van der Waals surface area contributed by atoms with Crippen LogP contribution in [0.5, 0.6) is 5.75 Å². The number of sulfonamides is 1. The van der Waals surface area contributed by atoms with Gasteiger partial charge in [-0.3, -0.25) is 4.90 Å². The fourth-order valence-corrected chi connectivity index (χ4v) is 4.35. The van der Waals surface area contributed by atoms with Crippen molar-refractivity contribution < 1.29 is 18.3 Å². The second-order valence-electron chi connectivity index (χ2n) is 6.88. The first kappa shape index (κ1) is 21.8. The van der Waals surface area contributed by atoms with E-state index in [1.54, 1.807) is 30.3 Å². The zero-order valence-electron chi connectivity index (χ0n) is 16.0. The van der Waals surface area contributed by atoms with Crippen molar-refractivity contribution in [3.8, 4) is 5.75 Å². The van der Waals surface area contributed by atoms with E-state index in [2.05, 4.69) is 0 Å². The van der Waals surface area contributed by atoms with E-state index < -0.39 is 16.1 Å². The molecule has 156 valence electrons. The third-order valence-corrected chi connectivity index (χ3v) is 6.47. The lowest BCUT2D eigenvalue weighted by atomic mass is 10.2. The predicted octanol–water partition coefficient (Wildman–Crippen LogP) is 2.70. The normalized spacial score (nSPS) is 17.4. The highest BCUT2D eigenvalue weighted by atomic mass is 35.5. The molecule has 1 fully saturated rings. The van der Waals surface area contributed by atoms with Crippen molar-refractivity contribution in [2.75, 3.05) is 39.3 Å². The fourth-order valence-electron chi connectivity index (χ4n) is 3.06. The molecule has 2 aromatic carbocycles. The van der Waals surface area contributed by atoms with Crippen LogP contribution < -0.4 is 4.74 Å². The zero-order chi connectivity index (χ0) is 20.7. The number of hydrogen-bond acceptors (Lipinski definition) is 5. The van der Waals surface area contributed by atoms with Crippen molar-refractivity contribution in [2.24, 2.45) is 0 Å². The van der Waals surface area contributed by atoms with Gasteiger partial charge in [-0.2, -0.15) is 4.31 Å². The van der Waals surface area contributed by atoms with Gasteiger partial charge in [-0.25, -0.2) is 8.42 Å². The number of hydrogen-bond donors (Lipinski definition) is 1.